The fourth-order valence-corrected chi connectivity index (χ4v) is 2.65. The summed E-state index contributed by atoms with van der Waals surface area (Å²) in [5.41, 5.74) is 2.62. The van der Waals surface area contributed by atoms with Crippen LogP contribution in [0.15, 0.2) is 16.6 Å². The van der Waals surface area contributed by atoms with Gasteiger partial charge in [-0.2, -0.15) is 0 Å². The highest BCUT2D eigenvalue weighted by molar-refractivity contribution is 9.10. The van der Waals surface area contributed by atoms with Gasteiger partial charge in [-0.25, -0.2) is 9.59 Å². The van der Waals surface area contributed by atoms with E-state index in [1.165, 1.54) is 0 Å². The van der Waals surface area contributed by atoms with Crippen LogP contribution in [0.5, 0.6) is 0 Å². The molecule has 0 bridgehead atoms. The number of hydrogen-bond acceptors (Lipinski definition) is 2. The number of benzene rings is 1. The molecular weight excluding hydrogens is 324 g/mol. The first-order valence-electron chi connectivity index (χ1n) is 6.29. The lowest BCUT2D eigenvalue weighted by molar-refractivity contribution is -0.140. The number of hydrogen-bond donors (Lipinski definition) is 3. The Morgan fingerprint density at radius 1 is 1.25 bits per heavy atom. The van der Waals surface area contributed by atoms with Crippen molar-refractivity contribution in [1.29, 1.82) is 0 Å². The minimum absolute atomic E-state index is 0.194. The van der Waals surface area contributed by atoms with Gasteiger partial charge in [0.15, 0.2) is 0 Å². The highest BCUT2D eigenvalue weighted by Gasteiger charge is 2.23. The van der Waals surface area contributed by atoms with Crippen LogP contribution in [0.1, 0.15) is 25.0 Å². The maximum Gasteiger partial charge on any atom is 0.326 e. The molecule has 3 N–H and O–H groups in total. The van der Waals surface area contributed by atoms with Crippen LogP contribution in [0.2, 0.25) is 0 Å². The number of amides is 2. The van der Waals surface area contributed by atoms with Crippen molar-refractivity contribution in [2.24, 2.45) is 5.92 Å². The molecule has 5 nitrogen and oxygen atoms in total. The molecule has 1 aromatic rings. The van der Waals surface area contributed by atoms with Gasteiger partial charge in [0.05, 0.1) is 5.69 Å². The zero-order valence-corrected chi connectivity index (χ0v) is 13.5. The molecule has 0 aliphatic rings. The molecule has 1 rings (SSSR count). The van der Waals surface area contributed by atoms with Gasteiger partial charge in [-0.15, -0.1) is 0 Å². The van der Waals surface area contributed by atoms with Gasteiger partial charge in [-0.05, 0) is 52.9 Å². The van der Waals surface area contributed by atoms with Crippen LogP contribution in [0.4, 0.5) is 10.5 Å². The van der Waals surface area contributed by atoms with Gasteiger partial charge in [0, 0.05) is 4.47 Å². The Balaban J connectivity index is 2.84. The lowest BCUT2D eigenvalue weighted by Gasteiger charge is -2.19. The largest absolute Gasteiger partial charge is 0.480 e. The van der Waals surface area contributed by atoms with Gasteiger partial charge < -0.3 is 15.7 Å². The standard InChI is InChI=1S/C14H19BrN2O3/c1-7(2)11(13(18)19)16-14(20)17-12-9(4)5-8(3)6-10(12)15/h5-7,11H,1-4H3,(H,18,19)(H2,16,17,20)/t11-/m1/s1. The van der Waals surface area contributed by atoms with Crippen LogP contribution in [0.3, 0.4) is 0 Å². The molecule has 110 valence electrons. The molecule has 0 aliphatic carbocycles. The number of rotatable bonds is 4. The average molecular weight is 343 g/mol. The van der Waals surface area contributed by atoms with E-state index in [2.05, 4.69) is 26.6 Å². The molecule has 0 aromatic heterocycles. The molecule has 20 heavy (non-hydrogen) atoms. The number of carbonyl (C=O) groups is 2. The number of carboxylic acids is 1. The topological polar surface area (TPSA) is 78.4 Å². The van der Waals surface area contributed by atoms with Gasteiger partial charge in [-0.1, -0.05) is 19.9 Å². The summed E-state index contributed by atoms with van der Waals surface area (Å²) >= 11 is 3.39. The molecule has 0 heterocycles. The molecule has 6 heteroatoms. The van der Waals surface area contributed by atoms with E-state index in [9.17, 15) is 9.59 Å². The quantitative estimate of drug-likeness (QED) is 0.785. The second-order valence-electron chi connectivity index (χ2n) is 5.10. The molecule has 0 unspecified atom stereocenters. The van der Waals surface area contributed by atoms with Crippen molar-refractivity contribution in [3.63, 3.8) is 0 Å². The van der Waals surface area contributed by atoms with Crippen molar-refractivity contribution in [3.05, 3.63) is 27.7 Å². The molecule has 0 saturated heterocycles. The van der Waals surface area contributed by atoms with Gasteiger partial charge in [0.1, 0.15) is 6.04 Å². The Hall–Kier alpha value is -1.56. The SMILES string of the molecule is Cc1cc(C)c(NC(=O)N[C@@H](C(=O)O)C(C)C)c(Br)c1. The Bertz CT molecular complexity index is 506. The molecule has 1 aromatic carbocycles. The third-order valence-corrected chi connectivity index (χ3v) is 3.52. The Morgan fingerprint density at radius 2 is 1.85 bits per heavy atom. The highest BCUT2D eigenvalue weighted by atomic mass is 79.9. The first-order chi connectivity index (χ1) is 9.22. The van der Waals surface area contributed by atoms with Crippen molar-refractivity contribution in [2.45, 2.75) is 33.7 Å². The lowest BCUT2D eigenvalue weighted by atomic mass is 10.1. The summed E-state index contributed by atoms with van der Waals surface area (Å²) in [7, 11) is 0. The molecule has 0 spiro atoms. The molecule has 2 amide bonds. The van der Waals surface area contributed by atoms with Gasteiger partial charge in [0.2, 0.25) is 0 Å². The Morgan fingerprint density at radius 3 is 2.30 bits per heavy atom. The minimum atomic E-state index is -1.05. The van der Waals surface area contributed by atoms with Gasteiger partial charge in [0.25, 0.3) is 0 Å². The number of carboxylic acid groups (broad SMARTS) is 1. The fourth-order valence-electron chi connectivity index (χ4n) is 1.88. The van der Waals surface area contributed by atoms with E-state index in [0.717, 1.165) is 15.6 Å². The van der Waals surface area contributed by atoms with E-state index in [4.69, 9.17) is 5.11 Å². The summed E-state index contributed by atoms with van der Waals surface area (Å²) in [5.74, 6) is -1.24. The summed E-state index contributed by atoms with van der Waals surface area (Å²) in [5, 5.41) is 14.2. The summed E-state index contributed by atoms with van der Waals surface area (Å²) in [6, 6.07) is 2.38. The summed E-state index contributed by atoms with van der Waals surface area (Å²) in [6.07, 6.45) is 0. The summed E-state index contributed by atoms with van der Waals surface area (Å²) in [6.45, 7) is 7.32. The van der Waals surface area contributed by atoms with Crippen LogP contribution in [0.25, 0.3) is 0 Å². The van der Waals surface area contributed by atoms with Crippen LogP contribution in [-0.4, -0.2) is 23.1 Å². The smallest absolute Gasteiger partial charge is 0.326 e. The number of nitrogens with one attached hydrogen (secondary N) is 2. The maximum atomic E-state index is 11.9. The third-order valence-electron chi connectivity index (χ3n) is 2.89. The van der Waals surface area contributed by atoms with E-state index in [-0.39, 0.29) is 5.92 Å². The number of carbonyl (C=O) groups excluding carboxylic acids is 1. The zero-order chi connectivity index (χ0) is 15.4. The lowest BCUT2D eigenvalue weighted by Crippen LogP contribution is -2.46. The van der Waals surface area contributed by atoms with Crippen molar-refractivity contribution in [3.8, 4) is 0 Å². The van der Waals surface area contributed by atoms with Crippen LogP contribution in [0, 0.1) is 19.8 Å². The normalized spacial score (nSPS) is 12.1. The second-order valence-corrected chi connectivity index (χ2v) is 5.95. The summed E-state index contributed by atoms with van der Waals surface area (Å²) in [4.78, 5) is 23.0. The third kappa shape index (κ3) is 4.23. The van der Waals surface area contributed by atoms with E-state index >= 15 is 0 Å². The Kier molecular flexibility index (Phi) is 5.56. The predicted molar refractivity (Wildman–Crippen MR) is 82.0 cm³/mol. The molecule has 0 aliphatic heterocycles. The minimum Gasteiger partial charge on any atom is -0.480 e. The number of aliphatic carboxylic acids is 1. The first kappa shape index (κ1) is 16.5. The van der Waals surface area contributed by atoms with E-state index in [0.29, 0.717) is 5.69 Å². The second kappa shape index (κ2) is 6.74. The van der Waals surface area contributed by atoms with Crippen molar-refractivity contribution < 1.29 is 14.7 Å². The number of halogens is 1. The first-order valence-corrected chi connectivity index (χ1v) is 7.08. The molecule has 0 radical (unpaired) electrons. The van der Waals surface area contributed by atoms with E-state index < -0.39 is 18.0 Å². The monoisotopic (exact) mass is 342 g/mol. The predicted octanol–water partition coefficient (Wildman–Crippen LogP) is 3.30. The zero-order valence-electron chi connectivity index (χ0n) is 12.0. The van der Waals surface area contributed by atoms with Crippen molar-refractivity contribution in [1.82, 2.24) is 5.32 Å². The maximum absolute atomic E-state index is 11.9. The van der Waals surface area contributed by atoms with Gasteiger partial charge >= 0.3 is 12.0 Å². The van der Waals surface area contributed by atoms with Crippen LogP contribution < -0.4 is 10.6 Å². The molecule has 1 atom stereocenters. The van der Waals surface area contributed by atoms with Crippen molar-refractivity contribution >= 4 is 33.6 Å². The molecule has 0 fully saturated rings. The number of anilines is 1. The fraction of sp³-hybridized carbons (Fsp3) is 0.429. The van der Waals surface area contributed by atoms with Crippen LogP contribution in [-0.2, 0) is 4.79 Å². The van der Waals surface area contributed by atoms with Gasteiger partial charge in [-0.3, -0.25) is 0 Å². The van der Waals surface area contributed by atoms with Crippen LogP contribution >= 0.6 is 15.9 Å². The number of urea groups is 1. The van der Waals surface area contributed by atoms with E-state index in [1.807, 2.05) is 26.0 Å². The van der Waals surface area contributed by atoms with E-state index in [1.54, 1.807) is 13.8 Å². The van der Waals surface area contributed by atoms with Crippen molar-refractivity contribution in [2.75, 3.05) is 5.32 Å². The molecular formula is C14H19BrN2O3. The molecule has 0 saturated carbocycles. The summed E-state index contributed by atoms with van der Waals surface area (Å²) < 4.78 is 0.765. The average Bonchev–Trinajstić information content (AvgIpc) is 2.29. The Labute approximate surface area is 126 Å². The highest BCUT2D eigenvalue weighted by Crippen LogP contribution is 2.27. The number of aryl methyl sites for hydroxylation is 2.